The van der Waals surface area contributed by atoms with E-state index in [0.29, 0.717) is 16.7 Å². The summed E-state index contributed by atoms with van der Waals surface area (Å²) in [5.41, 5.74) is 1.52. The van der Waals surface area contributed by atoms with Gasteiger partial charge in [-0.1, -0.05) is 0 Å². The number of hydrogen-bond acceptors (Lipinski definition) is 4. The fourth-order valence-corrected chi connectivity index (χ4v) is 1.92. The van der Waals surface area contributed by atoms with E-state index in [1.807, 2.05) is 0 Å². The van der Waals surface area contributed by atoms with Gasteiger partial charge in [-0.05, 0) is 26.3 Å². The number of fused-ring (bicyclic) bond motifs is 1. The first-order valence-corrected chi connectivity index (χ1v) is 4.71. The molecule has 80 valence electrons. The van der Waals surface area contributed by atoms with Gasteiger partial charge in [0.1, 0.15) is 5.75 Å². The molecule has 0 saturated carbocycles. The van der Waals surface area contributed by atoms with Crippen molar-refractivity contribution in [3.8, 4) is 17.2 Å². The van der Waals surface area contributed by atoms with Crippen molar-refractivity contribution < 1.29 is 19.7 Å². The molecular formula is C11H12O4. The van der Waals surface area contributed by atoms with Crippen molar-refractivity contribution in [2.24, 2.45) is 0 Å². The Balaban J connectivity index is 2.80. The molecule has 0 fully saturated rings. The minimum atomic E-state index is -0.433. The van der Waals surface area contributed by atoms with E-state index in [1.54, 1.807) is 20.8 Å². The summed E-state index contributed by atoms with van der Waals surface area (Å²) in [5.74, 6) is -0.756. The van der Waals surface area contributed by atoms with E-state index in [1.165, 1.54) is 0 Å². The van der Waals surface area contributed by atoms with E-state index >= 15 is 0 Å². The van der Waals surface area contributed by atoms with Crippen LogP contribution in [0.4, 0.5) is 0 Å². The Morgan fingerprint density at radius 1 is 1.13 bits per heavy atom. The quantitative estimate of drug-likeness (QED) is 0.503. The molecule has 1 aliphatic heterocycles. The van der Waals surface area contributed by atoms with Crippen molar-refractivity contribution in [3.05, 3.63) is 16.7 Å². The zero-order chi connectivity index (χ0) is 11.3. The van der Waals surface area contributed by atoms with Gasteiger partial charge in [0.2, 0.25) is 0 Å². The molecule has 2 N–H and O–H groups in total. The maximum atomic E-state index is 11.3. The highest BCUT2D eigenvalue weighted by molar-refractivity contribution is 5.88. The predicted octanol–water partition coefficient (Wildman–Crippen LogP) is 1.74. The highest BCUT2D eigenvalue weighted by Gasteiger charge is 2.35. The molecular weight excluding hydrogens is 196 g/mol. The Kier molecular flexibility index (Phi) is 1.89. The number of benzene rings is 1. The molecule has 0 aliphatic carbocycles. The summed E-state index contributed by atoms with van der Waals surface area (Å²) >= 11 is 0. The molecule has 0 radical (unpaired) electrons. The second-order valence-corrected chi connectivity index (χ2v) is 3.83. The molecule has 0 amide bonds. The third-order valence-corrected chi connectivity index (χ3v) is 2.92. The van der Waals surface area contributed by atoms with Crippen LogP contribution in [0, 0.1) is 13.8 Å². The fourth-order valence-electron chi connectivity index (χ4n) is 1.92. The van der Waals surface area contributed by atoms with Gasteiger partial charge in [-0.3, -0.25) is 4.79 Å². The summed E-state index contributed by atoms with van der Waals surface area (Å²) in [7, 11) is 0. The molecule has 1 aromatic rings. The second-order valence-electron chi connectivity index (χ2n) is 3.83. The average molecular weight is 208 g/mol. The highest BCUT2D eigenvalue weighted by atomic mass is 16.5. The van der Waals surface area contributed by atoms with E-state index < -0.39 is 11.9 Å². The van der Waals surface area contributed by atoms with Crippen LogP contribution < -0.4 is 4.74 Å². The molecule has 1 atom stereocenters. The molecule has 0 saturated heterocycles. The predicted molar refractivity (Wildman–Crippen MR) is 53.3 cm³/mol. The number of esters is 1. The summed E-state index contributed by atoms with van der Waals surface area (Å²) < 4.78 is 4.97. The summed E-state index contributed by atoms with van der Waals surface area (Å²) in [6, 6.07) is 0. The second kappa shape index (κ2) is 2.89. The van der Waals surface area contributed by atoms with Gasteiger partial charge in [0.05, 0.1) is 5.92 Å². The third kappa shape index (κ3) is 1.11. The summed E-state index contributed by atoms with van der Waals surface area (Å²) in [5, 5.41) is 19.5. The molecule has 0 bridgehead atoms. The van der Waals surface area contributed by atoms with Crippen molar-refractivity contribution in [2.45, 2.75) is 26.7 Å². The molecule has 15 heavy (non-hydrogen) atoms. The molecule has 2 rings (SSSR count). The number of ether oxygens (including phenoxy) is 1. The lowest BCUT2D eigenvalue weighted by atomic mass is 9.94. The monoisotopic (exact) mass is 208 g/mol. The Hall–Kier alpha value is -1.71. The Bertz CT molecular complexity index is 462. The maximum Gasteiger partial charge on any atom is 0.318 e. The lowest BCUT2D eigenvalue weighted by Gasteiger charge is -2.11. The highest BCUT2D eigenvalue weighted by Crippen LogP contribution is 2.48. The Morgan fingerprint density at radius 2 is 1.73 bits per heavy atom. The Labute approximate surface area is 87.1 Å². The third-order valence-electron chi connectivity index (χ3n) is 2.92. The summed E-state index contributed by atoms with van der Waals surface area (Å²) in [6.45, 7) is 4.98. The van der Waals surface area contributed by atoms with Crippen LogP contribution in [0.5, 0.6) is 17.2 Å². The van der Waals surface area contributed by atoms with Crippen molar-refractivity contribution >= 4 is 5.97 Å². The van der Waals surface area contributed by atoms with E-state index in [0.717, 1.165) is 0 Å². The van der Waals surface area contributed by atoms with Crippen LogP contribution in [0.25, 0.3) is 0 Å². The van der Waals surface area contributed by atoms with Crippen LogP contribution in [0.15, 0.2) is 0 Å². The lowest BCUT2D eigenvalue weighted by molar-refractivity contribution is -0.133. The van der Waals surface area contributed by atoms with Gasteiger partial charge in [-0.25, -0.2) is 0 Å². The van der Waals surface area contributed by atoms with Crippen LogP contribution in [0.1, 0.15) is 29.5 Å². The molecule has 4 nitrogen and oxygen atoms in total. The topological polar surface area (TPSA) is 66.8 Å². The first kappa shape index (κ1) is 9.83. The molecule has 1 heterocycles. The van der Waals surface area contributed by atoms with Crippen molar-refractivity contribution in [2.75, 3.05) is 0 Å². The standard InChI is InChI=1S/C11H12O4/c1-4-7-5(2)11(14)15-10(7)9(13)6(3)8(4)12/h5,12-13H,1-3H3. The van der Waals surface area contributed by atoms with Crippen LogP contribution in [-0.2, 0) is 4.79 Å². The zero-order valence-corrected chi connectivity index (χ0v) is 8.79. The van der Waals surface area contributed by atoms with Gasteiger partial charge in [0.15, 0.2) is 11.5 Å². The van der Waals surface area contributed by atoms with E-state index in [2.05, 4.69) is 0 Å². The Morgan fingerprint density at radius 3 is 2.33 bits per heavy atom. The van der Waals surface area contributed by atoms with Gasteiger partial charge in [0, 0.05) is 11.1 Å². The fraction of sp³-hybridized carbons (Fsp3) is 0.364. The van der Waals surface area contributed by atoms with E-state index in [-0.39, 0.29) is 17.2 Å². The minimum Gasteiger partial charge on any atom is -0.507 e. The van der Waals surface area contributed by atoms with Gasteiger partial charge >= 0.3 is 5.97 Å². The number of hydrogen-bond donors (Lipinski definition) is 2. The van der Waals surface area contributed by atoms with Crippen LogP contribution in [0.3, 0.4) is 0 Å². The summed E-state index contributed by atoms with van der Waals surface area (Å²) in [6.07, 6.45) is 0. The molecule has 0 spiro atoms. The van der Waals surface area contributed by atoms with Crippen molar-refractivity contribution in [1.82, 2.24) is 0 Å². The molecule has 1 aliphatic rings. The van der Waals surface area contributed by atoms with Crippen LogP contribution in [0.2, 0.25) is 0 Å². The van der Waals surface area contributed by atoms with Gasteiger partial charge < -0.3 is 14.9 Å². The molecule has 4 heteroatoms. The van der Waals surface area contributed by atoms with Gasteiger partial charge in [-0.15, -0.1) is 0 Å². The van der Waals surface area contributed by atoms with Crippen molar-refractivity contribution in [3.63, 3.8) is 0 Å². The first-order valence-electron chi connectivity index (χ1n) is 4.71. The number of phenolic OH excluding ortho intramolecular Hbond substituents is 2. The SMILES string of the molecule is Cc1c(O)c(C)c2c(c1O)OC(=O)C2C. The zero-order valence-electron chi connectivity index (χ0n) is 8.79. The average Bonchev–Trinajstić information content (AvgIpc) is 2.50. The number of rotatable bonds is 0. The number of phenols is 2. The van der Waals surface area contributed by atoms with E-state index in [4.69, 9.17) is 4.74 Å². The van der Waals surface area contributed by atoms with Crippen LogP contribution >= 0.6 is 0 Å². The maximum absolute atomic E-state index is 11.3. The van der Waals surface area contributed by atoms with Crippen molar-refractivity contribution in [1.29, 1.82) is 0 Å². The van der Waals surface area contributed by atoms with Gasteiger partial charge in [0.25, 0.3) is 0 Å². The summed E-state index contributed by atoms with van der Waals surface area (Å²) in [4.78, 5) is 11.3. The number of aromatic hydroxyl groups is 2. The smallest absolute Gasteiger partial charge is 0.318 e. The number of carbonyl (C=O) groups excluding carboxylic acids is 1. The molecule has 1 aromatic carbocycles. The van der Waals surface area contributed by atoms with E-state index in [9.17, 15) is 15.0 Å². The minimum absolute atomic E-state index is 0.0244. The number of carbonyl (C=O) groups is 1. The van der Waals surface area contributed by atoms with Crippen LogP contribution in [-0.4, -0.2) is 16.2 Å². The lowest BCUT2D eigenvalue weighted by Crippen LogP contribution is -2.06. The first-order chi connectivity index (χ1) is 6.95. The molecule has 0 aromatic heterocycles. The normalized spacial score (nSPS) is 18.9. The largest absolute Gasteiger partial charge is 0.507 e. The van der Waals surface area contributed by atoms with Gasteiger partial charge in [-0.2, -0.15) is 0 Å². The molecule has 1 unspecified atom stereocenters.